The molecule has 0 bridgehead atoms. The molecule has 0 aromatic heterocycles. The molecule has 2 unspecified atom stereocenters. The molecule has 2 aliphatic rings. The van der Waals surface area contributed by atoms with Crippen LogP contribution < -0.4 is 139 Å². The standard InChI is InChI=1S/C80H127N4O23PS4.4Na/c1-6-8-10-12-14-16-18-20-22-24-26-28-30-32-39-47-76(86)104-64-66(107-77(87)48-40-33-31-29-27-25-23-21-19-17-15-13-11-9-7-2)65-106-108(89,90)105-59-55-82-78(88)103-58-54-81-75(85)46-38-35-41-53-80(5)70-63-68(112(100,101)102)50-52-72(70)84(57-43-61-110(94,95)96)74(80)45-37-34-36-44-73-79(3,4)69-62-67(111(97,98)99)49-51-71(69)83(73)56-42-60-109(91,92)93;;;;/h20-23,34,36-37,44-45,49-52,62-63,66H,6-19,24-33,35,38-43,46-48,53-61,64-65H2,1-5H3,(H6-,81,82,85,88,89,90,91,92,93,94,95,96,97,98,99,100,101,102);;;;/q;4*+1/p-4/b22-20-,23-21-;;;;/t66-,80?;;;;/m1..../s1. The summed E-state index contributed by atoms with van der Waals surface area (Å²) >= 11 is 0. The van der Waals surface area contributed by atoms with Crippen LogP contribution in [0.1, 0.15) is 270 Å². The largest absolute Gasteiger partial charge is 1.00 e. The summed E-state index contributed by atoms with van der Waals surface area (Å²) in [6.07, 6.45) is 45.2. The summed E-state index contributed by atoms with van der Waals surface area (Å²) < 4.78 is 184. The number of hydrogen-bond donors (Lipinski definition) is 2. The van der Waals surface area contributed by atoms with Gasteiger partial charge in [-0.2, -0.15) is 4.58 Å². The molecule has 0 fully saturated rings. The van der Waals surface area contributed by atoms with Crippen molar-refractivity contribution in [1.29, 1.82) is 0 Å². The number of fused-ring (bicyclic) bond motifs is 2. The molecule has 3 atom stereocenters. The maximum Gasteiger partial charge on any atom is 1.00 e. The molecule has 2 aromatic carbocycles. The molecular formula is C80H123N4Na4O23PS4. The van der Waals surface area contributed by atoms with Crippen LogP contribution in [0.3, 0.4) is 0 Å². The van der Waals surface area contributed by atoms with E-state index >= 15 is 0 Å². The van der Waals surface area contributed by atoms with E-state index < -0.39 is 124 Å². The van der Waals surface area contributed by atoms with Crippen molar-refractivity contribution in [2.24, 2.45) is 0 Å². The predicted molar refractivity (Wildman–Crippen MR) is 426 cm³/mol. The van der Waals surface area contributed by atoms with Crippen molar-refractivity contribution in [3.8, 4) is 0 Å². The van der Waals surface area contributed by atoms with Gasteiger partial charge in [-0.3, -0.25) is 18.9 Å². The van der Waals surface area contributed by atoms with Gasteiger partial charge in [-0.15, -0.1) is 0 Å². The SMILES string of the molecule is CCCCCCCC/C=C\CCCCCCCC(=O)OC[C@H](COP(=O)([O-])OCCNC(=O)OCCNC(=O)CCCCCC1(C)/C(=C/C=C/C=C/C2=[N+](CCCS(=O)(=O)[O-])c3ccc(S(=O)(=O)[O-])cc3C2(C)C)N(CCCS(=O)(=O)[O-])c2ccc(S(=O)(=O)[O-])cc21)OC(=O)CCCCCCC/C=C\CCCCCCCC.[Na+].[Na+].[Na+].[Na+]. The molecule has 0 saturated carbocycles. The van der Waals surface area contributed by atoms with Crippen LogP contribution in [0.4, 0.5) is 16.2 Å². The third kappa shape index (κ3) is 47.2. The van der Waals surface area contributed by atoms with E-state index in [1.54, 1.807) is 53.7 Å². The van der Waals surface area contributed by atoms with E-state index in [1.807, 2.05) is 6.92 Å². The van der Waals surface area contributed by atoms with E-state index in [2.05, 4.69) is 48.8 Å². The maximum atomic E-state index is 13.0. The Bertz CT molecular complexity index is 4000. The summed E-state index contributed by atoms with van der Waals surface area (Å²) in [6.45, 7) is 7.42. The van der Waals surface area contributed by atoms with Gasteiger partial charge >= 0.3 is 136 Å². The first-order chi connectivity index (χ1) is 53.1. The van der Waals surface area contributed by atoms with E-state index in [9.17, 15) is 80.5 Å². The molecule has 2 heterocycles. The van der Waals surface area contributed by atoms with Gasteiger partial charge in [0.2, 0.25) is 11.6 Å². The number of nitrogens with zero attached hydrogens (tertiary/aromatic N) is 2. The maximum absolute atomic E-state index is 13.0. The number of carbonyl (C=O) groups excluding carboxylic acids is 4. The molecule has 0 saturated heterocycles. The molecular weight excluding hydrogens is 1640 g/mol. The van der Waals surface area contributed by atoms with E-state index in [4.69, 9.17) is 23.3 Å². The third-order valence-corrected chi connectivity index (χ3v) is 23.9. The van der Waals surface area contributed by atoms with Crippen LogP contribution in [0, 0.1) is 0 Å². The Balaban J connectivity index is 0.0000331. The van der Waals surface area contributed by atoms with Crippen molar-refractivity contribution in [1.82, 2.24) is 10.6 Å². The summed E-state index contributed by atoms with van der Waals surface area (Å²) in [7, 11) is -24.1. The summed E-state index contributed by atoms with van der Waals surface area (Å²) in [4.78, 5) is 64.9. The van der Waals surface area contributed by atoms with Crippen molar-refractivity contribution in [2.45, 2.75) is 286 Å². The molecule has 2 aromatic rings. The van der Waals surface area contributed by atoms with Gasteiger partial charge in [0.15, 0.2) is 11.8 Å². The van der Waals surface area contributed by atoms with Crippen LogP contribution >= 0.6 is 7.82 Å². The molecule has 0 spiro atoms. The Morgan fingerprint density at radius 3 is 1.56 bits per heavy atom. The second-order valence-corrected chi connectivity index (χ2v) is 36.7. The van der Waals surface area contributed by atoms with Crippen molar-refractivity contribution in [3.05, 3.63) is 108 Å². The molecule has 2 aliphatic heterocycles. The number of benzene rings is 2. The number of rotatable bonds is 62. The number of carbonyl (C=O) groups is 4. The zero-order valence-corrected chi connectivity index (χ0v) is 82.6. The van der Waals surface area contributed by atoms with Gasteiger partial charge in [-0.25, -0.2) is 38.5 Å². The molecule has 0 radical (unpaired) electrons. The number of alkyl carbamates (subject to hydrolysis) is 1. The number of unbranched alkanes of at least 4 members (excludes halogenated alkanes) is 24. The van der Waals surface area contributed by atoms with Crippen molar-refractivity contribution in [2.75, 3.05) is 69.0 Å². The van der Waals surface area contributed by atoms with Crippen LogP contribution in [0.25, 0.3) is 0 Å². The summed E-state index contributed by atoms with van der Waals surface area (Å²) in [5, 5.41) is 5.00. The van der Waals surface area contributed by atoms with E-state index in [0.717, 1.165) is 89.2 Å². The number of anilines is 1. The van der Waals surface area contributed by atoms with Gasteiger partial charge in [0.1, 0.15) is 40.0 Å². The van der Waals surface area contributed by atoms with Crippen LogP contribution in [0.2, 0.25) is 0 Å². The molecule has 634 valence electrons. The number of phosphoric ester groups is 1. The van der Waals surface area contributed by atoms with E-state index in [1.165, 1.54) is 101 Å². The van der Waals surface area contributed by atoms with Crippen LogP contribution in [0.15, 0.2) is 107 Å². The second kappa shape index (κ2) is 61.4. The van der Waals surface area contributed by atoms with E-state index in [-0.39, 0.29) is 189 Å². The Hall–Kier alpha value is -1.96. The number of amides is 2. The molecule has 0 aliphatic carbocycles. The van der Waals surface area contributed by atoms with Gasteiger partial charge in [0.05, 0.1) is 55.2 Å². The Kier molecular flexibility index (Phi) is 60.3. The summed E-state index contributed by atoms with van der Waals surface area (Å²) in [5.74, 6) is -2.90. The van der Waals surface area contributed by atoms with Gasteiger partial charge in [-0.1, -0.05) is 172 Å². The van der Waals surface area contributed by atoms with Crippen LogP contribution in [-0.4, -0.2) is 156 Å². The fraction of sp³-hybridized carbons (Fsp3) is 0.662. The van der Waals surface area contributed by atoms with E-state index in [0.29, 0.717) is 72.4 Å². The smallest absolute Gasteiger partial charge is 0.756 e. The van der Waals surface area contributed by atoms with Gasteiger partial charge in [-0.05, 0) is 146 Å². The zero-order valence-electron chi connectivity index (χ0n) is 70.4. The average Bonchev–Trinajstić information content (AvgIpc) is 1.58. The fourth-order valence-electron chi connectivity index (χ4n) is 13.6. The quantitative estimate of drug-likeness (QED) is 0.0110. The topological polar surface area (TPSA) is 414 Å². The molecule has 27 nitrogen and oxygen atoms in total. The minimum Gasteiger partial charge on any atom is -0.756 e. The van der Waals surface area contributed by atoms with Crippen molar-refractivity contribution in [3.63, 3.8) is 0 Å². The Morgan fingerprint density at radius 1 is 0.534 bits per heavy atom. The van der Waals surface area contributed by atoms with Gasteiger partial charge < -0.3 is 61.9 Å². The average molecular weight is 1760 g/mol. The van der Waals surface area contributed by atoms with Crippen LogP contribution in [0.5, 0.6) is 0 Å². The first-order valence-corrected chi connectivity index (χ1v) is 47.5. The van der Waals surface area contributed by atoms with Crippen molar-refractivity contribution >= 4 is 89.3 Å². The number of ether oxygens (including phenoxy) is 3. The normalized spacial score (nSPS) is 15.9. The van der Waals surface area contributed by atoms with Crippen molar-refractivity contribution < 1.29 is 227 Å². The fourth-order valence-corrected chi connectivity index (χ4v) is 16.3. The van der Waals surface area contributed by atoms with Gasteiger partial charge in [0, 0.05) is 84.8 Å². The molecule has 4 rings (SSSR count). The molecule has 2 N–H and O–H groups in total. The first kappa shape index (κ1) is 114. The van der Waals surface area contributed by atoms with Crippen LogP contribution in [-0.2, 0) is 93.5 Å². The second-order valence-electron chi connectivity index (χ2n) is 29.5. The Labute approximate surface area is 781 Å². The number of esters is 2. The minimum absolute atomic E-state index is 0. The predicted octanol–water partition coefficient (Wildman–Crippen LogP) is 2.36. The summed E-state index contributed by atoms with van der Waals surface area (Å²) in [6, 6.07) is 7.66. The number of nitrogens with one attached hydrogen (secondary N) is 2. The number of phosphoric acid groups is 1. The monoisotopic (exact) mass is 1760 g/mol. The molecule has 2 amide bonds. The molecule has 36 heteroatoms. The first-order valence-electron chi connectivity index (χ1n) is 40.1. The number of allylic oxidation sites excluding steroid dienone is 10. The molecule has 116 heavy (non-hydrogen) atoms. The minimum atomic E-state index is -5.05. The third-order valence-electron chi connectivity index (χ3n) is 19.7. The zero-order chi connectivity index (χ0) is 82.5. The number of hydrogen-bond acceptors (Lipinski definition) is 24. The van der Waals surface area contributed by atoms with Gasteiger partial charge in [0.25, 0.3) is 7.82 Å². The Morgan fingerprint density at radius 2 is 1.02 bits per heavy atom. The summed E-state index contributed by atoms with van der Waals surface area (Å²) in [5.41, 5.74) is 0.891.